The Bertz CT molecular complexity index is 764. The van der Waals surface area contributed by atoms with Gasteiger partial charge in [-0.15, -0.1) is 0 Å². The third kappa shape index (κ3) is 3.52. The minimum atomic E-state index is -4.50. The van der Waals surface area contributed by atoms with Gasteiger partial charge < -0.3 is 10.2 Å². The van der Waals surface area contributed by atoms with E-state index in [4.69, 9.17) is 0 Å². The molecule has 1 N–H and O–H groups in total. The van der Waals surface area contributed by atoms with Gasteiger partial charge >= 0.3 is 6.18 Å². The number of nitrogens with one attached hydrogen (secondary N) is 1. The first-order chi connectivity index (χ1) is 12.2. The Balaban J connectivity index is 1.73. The molecule has 1 aliphatic heterocycles. The minimum absolute atomic E-state index is 0.00743. The van der Waals surface area contributed by atoms with Crippen molar-refractivity contribution in [1.82, 2.24) is 5.32 Å². The first-order valence-electron chi connectivity index (χ1n) is 8.45. The SMILES string of the molecule is N#CC1(NC(=O)C2CC(=O)N(c3cccc(C(F)(F)F)c3)C2)CCCC1. The van der Waals surface area contributed by atoms with Crippen molar-refractivity contribution in [2.75, 3.05) is 11.4 Å². The van der Waals surface area contributed by atoms with Crippen LogP contribution in [0.25, 0.3) is 0 Å². The van der Waals surface area contributed by atoms with Gasteiger partial charge in [-0.2, -0.15) is 18.4 Å². The van der Waals surface area contributed by atoms with Crippen LogP contribution >= 0.6 is 0 Å². The first-order valence-corrected chi connectivity index (χ1v) is 8.45. The number of nitriles is 1. The van der Waals surface area contributed by atoms with Crippen molar-refractivity contribution in [3.05, 3.63) is 29.8 Å². The smallest absolute Gasteiger partial charge is 0.338 e. The fourth-order valence-electron chi connectivity index (χ4n) is 3.56. The van der Waals surface area contributed by atoms with E-state index in [0.717, 1.165) is 25.0 Å². The Morgan fingerprint density at radius 1 is 1.31 bits per heavy atom. The summed E-state index contributed by atoms with van der Waals surface area (Å²) in [4.78, 5) is 25.9. The predicted octanol–water partition coefficient (Wildman–Crippen LogP) is 3.01. The maximum Gasteiger partial charge on any atom is 0.416 e. The lowest BCUT2D eigenvalue weighted by Gasteiger charge is -2.24. The second-order valence-corrected chi connectivity index (χ2v) is 6.84. The van der Waals surface area contributed by atoms with E-state index in [1.165, 1.54) is 17.0 Å². The van der Waals surface area contributed by atoms with Crippen LogP contribution < -0.4 is 10.2 Å². The standard InChI is InChI=1S/C18H18F3N3O2/c19-18(20,21)13-4-3-5-14(9-13)24-10-12(8-15(24)25)16(26)23-17(11-22)6-1-2-7-17/h3-5,9,12H,1-2,6-8,10H2,(H,23,26). The predicted molar refractivity (Wildman–Crippen MR) is 86.9 cm³/mol. The van der Waals surface area contributed by atoms with E-state index < -0.39 is 35.0 Å². The maximum absolute atomic E-state index is 12.9. The Hall–Kier alpha value is -2.56. The van der Waals surface area contributed by atoms with Crippen LogP contribution in [0.1, 0.15) is 37.7 Å². The molecule has 2 fully saturated rings. The monoisotopic (exact) mass is 365 g/mol. The molecule has 1 atom stereocenters. The summed E-state index contributed by atoms with van der Waals surface area (Å²) in [5, 5.41) is 12.1. The molecule has 1 aromatic rings. The van der Waals surface area contributed by atoms with Crippen molar-refractivity contribution in [2.24, 2.45) is 5.92 Å². The zero-order valence-electron chi connectivity index (χ0n) is 14.0. The number of amides is 2. The zero-order chi connectivity index (χ0) is 18.9. The normalized spacial score (nSPS) is 22.3. The van der Waals surface area contributed by atoms with E-state index in [1.54, 1.807) is 0 Å². The van der Waals surface area contributed by atoms with E-state index in [1.807, 2.05) is 0 Å². The molecular formula is C18H18F3N3O2. The van der Waals surface area contributed by atoms with Crippen molar-refractivity contribution >= 4 is 17.5 Å². The number of rotatable bonds is 3. The van der Waals surface area contributed by atoms with E-state index in [-0.39, 0.29) is 18.7 Å². The van der Waals surface area contributed by atoms with Crippen LogP contribution in [0.2, 0.25) is 0 Å². The third-order valence-corrected chi connectivity index (χ3v) is 5.01. The van der Waals surface area contributed by atoms with E-state index in [0.29, 0.717) is 12.8 Å². The lowest BCUT2D eigenvalue weighted by atomic mass is 9.97. The molecular weight excluding hydrogens is 347 g/mol. The van der Waals surface area contributed by atoms with Crippen molar-refractivity contribution in [3.8, 4) is 6.07 Å². The van der Waals surface area contributed by atoms with Crippen LogP contribution in [-0.4, -0.2) is 23.9 Å². The average Bonchev–Trinajstić information content (AvgIpc) is 3.21. The molecule has 0 aromatic heterocycles. The number of anilines is 1. The van der Waals surface area contributed by atoms with Gasteiger partial charge in [-0.05, 0) is 43.9 Å². The number of hydrogen-bond acceptors (Lipinski definition) is 3. The van der Waals surface area contributed by atoms with E-state index >= 15 is 0 Å². The van der Waals surface area contributed by atoms with Crippen LogP contribution in [0.3, 0.4) is 0 Å². The van der Waals surface area contributed by atoms with Gasteiger partial charge in [0.2, 0.25) is 11.8 Å². The Morgan fingerprint density at radius 2 is 2.00 bits per heavy atom. The topological polar surface area (TPSA) is 73.2 Å². The molecule has 1 heterocycles. The number of halogens is 3. The van der Waals surface area contributed by atoms with Gasteiger partial charge in [0.15, 0.2) is 0 Å². The Morgan fingerprint density at radius 3 is 2.62 bits per heavy atom. The van der Waals surface area contributed by atoms with Gasteiger partial charge in [-0.3, -0.25) is 9.59 Å². The molecule has 1 aromatic carbocycles. The largest absolute Gasteiger partial charge is 0.416 e. The number of carbonyl (C=O) groups excluding carboxylic acids is 2. The van der Waals surface area contributed by atoms with Crippen LogP contribution in [0.4, 0.5) is 18.9 Å². The highest BCUT2D eigenvalue weighted by atomic mass is 19.4. The molecule has 1 saturated heterocycles. The van der Waals surface area contributed by atoms with Gasteiger partial charge in [0, 0.05) is 18.7 Å². The summed E-state index contributed by atoms with van der Waals surface area (Å²) in [6.45, 7) is 0.00743. The molecule has 3 rings (SSSR count). The summed E-state index contributed by atoms with van der Waals surface area (Å²) in [6, 6.07) is 6.65. The average molecular weight is 365 g/mol. The van der Waals surface area contributed by atoms with Gasteiger partial charge in [0.25, 0.3) is 0 Å². The van der Waals surface area contributed by atoms with Gasteiger partial charge in [-0.25, -0.2) is 0 Å². The molecule has 5 nitrogen and oxygen atoms in total. The molecule has 1 aliphatic carbocycles. The minimum Gasteiger partial charge on any atom is -0.338 e. The summed E-state index contributed by atoms with van der Waals surface area (Å²) in [5.74, 6) is -1.47. The number of benzene rings is 1. The second kappa shape index (κ2) is 6.63. The molecule has 1 unspecified atom stereocenters. The molecule has 0 spiro atoms. The molecule has 2 aliphatic rings. The molecule has 8 heteroatoms. The fraction of sp³-hybridized carbons (Fsp3) is 0.500. The molecule has 138 valence electrons. The Kier molecular flexibility index (Phi) is 4.65. The summed E-state index contributed by atoms with van der Waals surface area (Å²) in [6.07, 6.45) is -1.72. The van der Waals surface area contributed by atoms with Crippen molar-refractivity contribution in [1.29, 1.82) is 5.26 Å². The molecule has 0 bridgehead atoms. The summed E-state index contributed by atoms with van der Waals surface area (Å²) < 4.78 is 38.6. The zero-order valence-corrected chi connectivity index (χ0v) is 14.0. The van der Waals surface area contributed by atoms with E-state index in [9.17, 15) is 28.0 Å². The Labute approximate surface area is 148 Å². The highest BCUT2D eigenvalue weighted by Crippen LogP contribution is 2.34. The van der Waals surface area contributed by atoms with Gasteiger partial charge in [0.1, 0.15) is 5.54 Å². The highest BCUT2D eigenvalue weighted by molar-refractivity contribution is 6.00. The van der Waals surface area contributed by atoms with E-state index in [2.05, 4.69) is 11.4 Å². The van der Waals surface area contributed by atoms with Crippen molar-refractivity contribution in [3.63, 3.8) is 0 Å². The highest BCUT2D eigenvalue weighted by Gasteiger charge is 2.41. The molecule has 26 heavy (non-hydrogen) atoms. The summed E-state index contributed by atoms with van der Waals surface area (Å²) >= 11 is 0. The number of carbonyl (C=O) groups is 2. The quantitative estimate of drug-likeness (QED) is 0.895. The first kappa shape index (κ1) is 18.2. The second-order valence-electron chi connectivity index (χ2n) is 6.84. The van der Waals surface area contributed by atoms with Gasteiger partial charge in [-0.1, -0.05) is 6.07 Å². The van der Waals surface area contributed by atoms with Crippen LogP contribution in [0, 0.1) is 17.2 Å². The third-order valence-electron chi connectivity index (χ3n) is 5.01. The van der Waals surface area contributed by atoms with Crippen molar-refractivity contribution < 1.29 is 22.8 Å². The maximum atomic E-state index is 12.9. The lowest BCUT2D eigenvalue weighted by molar-refractivity contribution is -0.137. The van der Waals surface area contributed by atoms with Crippen LogP contribution in [0.5, 0.6) is 0 Å². The fourth-order valence-corrected chi connectivity index (χ4v) is 3.56. The molecule has 0 radical (unpaired) electrons. The van der Waals surface area contributed by atoms with Crippen LogP contribution in [-0.2, 0) is 15.8 Å². The lowest BCUT2D eigenvalue weighted by Crippen LogP contribution is -2.48. The van der Waals surface area contributed by atoms with Crippen molar-refractivity contribution in [2.45, 2.75) is 43.8 Å². The summed E-state index contributed by atoms with van der Waals surface area (Å²) in [5.41, 5.74) is -1.61. The van der Waals surface area contributed by atoms with Crippen LogP contribution in [0.15, 0.2) is 24.3 Å². The summed E-state index contributed by atoms with van der Waals surface area (Å²) in [7, 11) is 0. The molecule has 1 saturated carbocycles. The molecule has 2 amide bonds. The van der Waals surface area contributed by atoms with Gasteiger partial charge in [0.05, 0.1) is 17.6 Å². The number of nitrogens with zero attached hydrogens (tertiary/aromatic N) is 2. The number of hydrogen-bond donors (Lipinski definition) is 1. The number of alkyl halides is 3.